The van der Waals surface area contributed by atoms with Gasteiger partial charge in [-0.15, -0.1) is 0 Å². The second-order valence-electron chi connectivity index (χ2n) is 6.19. The largest absolute Gasteiger partial charge is 0.480 e. The van der Waals surface area contributed by atoms with Crippen molar-refractivity contribution in [2.45, 2.75) is 25.5 Å². The number of benzene rings is 2. The Labute approximate surface area is 165 Å². The third kappa shape index (κ3) is 4.34. The van der Waals surface area contributed by atoms with Gasteiger partial charge in [-0.25, -0.2) is 4.79 Å². The molecule has 7 nitrogen and oxygen atoms in total. The molecule has 0 spiro atoms. The van der Waals surface area contributed by atoms with Gasteiger partial charge in [-0.3, -0.25) is 14.2 Å². The molecular weight excluding hydrogens is 380 g/mol. The van der Waals surface area contributed by atoms with Crippen LogP contribution in [0, 0.1) is 4.77 Å². The number of hydrogen-bond acceptors (Lipinski definition) is 5. The van der Waals surface area contributed by atoms with E-state index < -0.39 is 23.5 Å². The molecule has 0 radical (unpaired) electrons. The van der Waals surface area contributed by atoms with Crippen molar-refractivity contribution in [3.8, 4) is 0 Å². The highest BCUT2D eigenvalue weighted by Crippen LogP contribution is 2.16. The molecule has 1 heterocycles. The quantitative estimate of drug-likeness (QED) is 0.468. The number of para-hydroxylation sites is 1. The first-order valence-corrected chi connectivity index (χ1v) is 9.04. The van der Waals surface area contributed by atoms with Crippen molar-refractivity contribution in [3.63, 3.8) is 0 Å². The fourth-order valence-corrected chi connectivity index (χ4v) is 3.21. The van der Waals surface area contributed by atoms with E-state index in [0.717, 1.165) is 10.1 Å². The van der Waals surface area contributed by atoms with Crippen LogP contribution in [0.3, 0.4) is 0 Å². The van der Waals surface area contributed by atoms with Crippen LogP contribution in [0.4, 0.5) is 0 Å². The number of ether oxygens (including phenoxy) is 1. The average Bonchev–Trinajstić information content (AvgIpc) is 2.69. The molecule has 8 heteroatoms. The maximum Gasteiger partial charge on any atom is 0.326 e. The summed E-state index contributed by atoms with van der Waals surface area (Å²) in [5.74, 6) is -1.79. The molecule has 0 saturated heterocycles. The number of nitrogens with zero attached hydrogens (tertiary/aromatic N) is 1. The van der Waals surface area contributed by atoms with Gasteiger partial charge in [0.05, 0.1) is 10.9 Å². The van der Waals surface area contributed by atoms with Gasteiger partial charge in [0.15, 0.2) is 4.77 Å². The van der Waals surface area contributed by atoms with Gasteiger partial charge < -0.3 is 14.8 Å². The van der Waals surface area contributed by atoms with Crippen LogP contribution in [0.25, 0.3) is 10.9 Å². The Bertz CT molecular complexity index is 1120. The number of rotatable bonds is 7. The first-order chi connectivity index (χ1) is 13.5. The second kappa shape index (κ2) is 8.62. The lowest BCUT2D eigenvalue weighted by atomic mass is 10.1. The van der Waals surface area contributed by atoms with E-state index in [4.69, 9.17) is 17.0 Å². The number of esters is 1. The van der Waals surface area contributed by atoms with Gasteiger partial charge >= 0.3 is 11.9 Å². The number of aromatic nitrogens is 2. The summed E-state index contributed by atoms with van der Waals surface area (Å²) < 4.78 is 6.17. The van der Waals surface area contributed by atoms with E-state index in [1.165, 1.54) is 0 Å². The lowest BCUT2D eigenvalue weighted by molar-refractivity contribution is -0.146. The highest BCUT2D eigenvalue weighted by molar-refractivity contribution is 7.71. The number of nitrogens with one attached hydrogen (secondary N) is 1. The molecule has 1 unspecified atom stereocenters. The minimum Gasteiger partial charge on any atom is -0.480 e. The van der Waals surface area contributed by atoms with E-state index in [9.17, 15) is 19.5 Å². The summed E-state index contributed by atoms with van der Waals surface area (Å²) in [6.45, 7) is 0.105. The Kier molecular flexibility index (Phi) is 6.00. The van der Waals surface area contributed by atoms with Crippen LogP contribution in [0.2, 0.25) is 0 Å². The van der Waals surface area contributed by atoms with Gasteiger partial charge in [-0.1, -0.05) is 42.5 Å². The van der Waals surface area contributed by atoms with Crippen LogP contribution < -0.4 is 5.56 Å². The third-order valence-corrected chi connectivity index (χ3v) is 4.60. The number of carbonyl (C=O) groups is 2. The number of fused-ring (bicyclic) bond motifs is 1. The maximum atomic E-state index is 12.7. The fourth-order valence-electron chi connectivity index (χ4n) is 2.89. The molecule has 2 aromatic carbocycles. The van der Waals surface area contributed by atoms with E-state index in [2.05, 4.69) is 4.98 Å². The second-order valence-corrected chi connectivity index (χ2v) is 6.58. The number of H-pyrrole nitrogens is 1. The Morgan fingerprint density at radius 2 is 1.79 bits per heavy atom. The van der Waals surface area contributed by atoms with Gasteiger partial charge in [-0.05, 0) is 36.3 Å². The van der Waals surface area contributed by atoms with Crippen molar-refractivity contribution in [2.24, 2.45) is 0 Å². The van der Waals surface area contributed by atoms with E-state index in [-0.39, 0.29) is 24.2 Å². The minimum atomic E-state index is -1.27. The number of aromatic amines is 1. The monoisotopic (exact) mass is 398 g/mol. The Morgan fingerprint density at radius 1 is 1.11 bits per heavy atom. The highest BCUT2D eigenvalue weighted by Gasteiger charge is 2.24. The average molecular weight is 398 g/mol. The van der Waals surface area contributed by atoms with Gasteiger partial charge in [0.25, 0.3) is 5.56 Å². The normalized spacial score (nSPS) is 11.9. The summed E-state index contributed by atoms with van der Waals surface area (Å²) in [5.41, 5.74) is 0.850. The fraction of sp³-hybridized carbons (Fsp3) is 0.200. The predicted octanol–water partition coefficient (Wildman–Crippen LogP) is 3.21. The standard InChI is InChI=1S/C20H18N2O5S/c23-17(27-12-13-6-2-1-3-7-13)11-10-16(19(25)26)22-18(24)14-8-4-5-9-15(14)21-20(22)28/h1-9,16H,10-12H2,(H,21,28)(H,25,26). The van der Waals surface area contributed by atoms with Crippen LogP contribution in [0.1, 0.15) is 24.4 Å². The van der Waals surface area contributed by atoms with Crippen LogP contribution in [-0.2, 0) is 20.9 Å². The van der Waals surface area contributed by atoms with Crippen LogP contribution in [0.15, 0.2) is 59.4 Å². The summed E-state index contributed by atoms with van der Waals surface area (Å²) in [6.07, 6.45) is -0.267. The van der Waals surface area contributed by atoms with Crippen molar-refractivity contribution in [1.29, 1.82) is 0 Å². The predicted molar refractivity (Wildman–Crippen MR) is 106 cm³/mol. The topological polar surface area (TPSA) is 101 Å². The van der Waals surface area contributed by atoms with Crippen LogP contribution >= 0.6 is 12.2 Å². The molecule has 0 aliphatic rings. The molecule has 1 aromatic heterocycles. The third-order valence-electron chi connectivity index (χ3n) is 4.30. The van der Waals surface area contributed by atoms with Crippen molar-refractivity contribution >= 4 is 35.1 Å². The van der Waals surface area contributed by atoms with E-state index in [1.54, 1.807) is 24.3 Å². The SMILES string of the molecule is O=C(CCC(C(=O)O)n1c(=S)[nH]c2ccccc2c1=O)OCc1ccccc1. The van der Waals surface area contributed by atoms with Crippen molar-refractivity contribution in [3.05, 3.63) is 75.3 Å². The van der Waals surface area contributed by atoms with E-state index >= 15 is 0 Å². The van der Waals surface area contributed by atoms with Crippen LogP contribution in [-0.4, -0.2) is 26.6 Å². The molecule has 0 bridgehead atoms. The van der Waals surface area contributed by atoms with Gasteiger partial charge in [0, 0.05) is 6.42 Å². The number of aliphatic carboxylic acids is 1. The maximum absolute atomic E-state index is 12.7. The first-order valence-electron chi connectivity index (χ1n) is 8.63. The number of carbonyl (C=O) groups excluding carboxylic acids is 1. The Morgan fingerprint density at radius 3 is 2.50 bits per heavy atom. The number of carboxylic acid groups (broad SMARTS) is 1. The summed E-state index contributed by atoms with van der Waals surface area (Å²) in [6, 6.07) is 14.6. The molecule has 0 fully saturated rings. The lowest BCUT2D eigenvalue weighted by Crippen LogP contribution is -2.31. The molecule has 2 N–H and O–H groups in total. The van der Waals surface area contributed by atoms with E-state index in [1.807, 2.05) is 30.3 Å². The number of carboxylic acids is 1. The van der Waals surface area contributed by atoms with Crippen LogP contribution in [0.5, 0.6) is 0 Å². The highest BCUT2D eigenvalue weighted by atomic mass is 32.1. The molecule has 1 atom stereocenters. The molecule has 3 rings (SSSR count). The number of hydrogen-bond donors (Lipinski definition) is 2. The molecule has 0 amide bonds. The van der Waals surface area contributed by atoms with Crippen molar-refractivity contribution < 1.29 is 19.4 Å². The molecule has 0 saturated carbocycles. The molecule has 0 aliphatic carbocycles. The summed E-state index contributed by atoms with van der Waals surface area (Å²) >= 11 is 5.19. The van der Waals surface area contributed by atoms with Crippen molar-refractivity contribution in [1.82, 2.24) is 9.55 Å². The molecule has 3 aromatic rings. The Balaban J connectivity index is 1.76. The van der Waals surface area contributed by atoms with Crippen molar-refractivity contribution in [2.75, 3.05) is 0 Å². The molecule has 144 valence electrons. The zero-order valence-corrected chi connectivity index (χ0v) is 15.6. The Hall–Kier alpha value is -3.26. The lowest BCUT2D eigenvalue weighted by Gasteiger charge is -2.16. The summed E-state index contributed by atoms with van der Waals surface area (Å²) in [7, 11) is 0. The molecule has 0 aliphatic heterocycles. The van der Waals surface area contributed by atoms with Gasteiger partial charge in [0.2, 0.25) is 0 Å². The van der Waals surface area contributed by atoms with E-state index in [0.29, 0.717) is 10.9 Å². The van der Waals surface area contributed by atoms with Gasteiger partial charge in [0.1, 0.15) is 12.6 Å². The van der Waals surface area contributed by atoms with Gasteiger partial charge in [-0.2, -0.15) is 0 Å². The molecular formula is C20H18N2O5S. The smallest absolute Gasteiger partial charge is 0.326 e. The zero-order valence-electron chi connectivity index (χ0n) is 14.8. The first kappa shape index (κ1) is 19.5. The zero-order chi connectivity index (χ0) is 20.1. The molecule has 28 heavy (non-hydrogen) atoms. The summed E-state index contributed by atoms with van der Waals surface area (Å²) in [5, 5.41) is 9.92. The minimum absolute atomic E-state index is 0.00578. The summed E-state index contributed by atoms with van der Waals surface area (Å²) in [4.78, 5) is 39.4.